The number of carbonyl (C=O) groups is 1. The van der Waals surface area contributed by atoms with Crippen molar-refractivity contribution >= 4 is 16.7 Å². The molecule has 1 aromatic carbocycles. The van der Waals surface area contributed by atoms with Gasteiger partial charge in [-0.05, 0) is 12.1 Å². The lowest BCUT2D eigenvalue weighted by Gasteiger charge is -2.05. The Labute approximate surface area is 98.1 Å². The summed E-state index contributed by atoms with van der Waals surface area (Å²) in [5.41, 5.74) is 1.31. The third kappa shape index (κ3) is 2.23. The van der Waals surface area contributed by atoms with E-state index in [1.165, 1.54) is 0 Å². The number of carboxylic acids is 1. The van der Waals surface area contributed by atoms with Gasteiger partial charge in [-0.15, -0.1) is 0 Å². The highest BCUT2D eigenvalue weighted by Crippen LogP contribution is 2.21. The van der Waals surface area contributed by atoms with Crippen LogP contribution in [0, 0.1) is 11.3 Å². The lowest BCUT2D eigenvalue weighted by atomic mass is 10.0. The van der Waals surface area contributed by atoms with Gasteiger partial charge in [0.15, 0.2) is 0 Å². The summed E-state index contributed by atoms with van der Waals surface area (Å²) >= 11 is 0. The second-order valence-corrected chi connectivity index (χ2v) is 3.66. The highest BCUT2D eigenvalue weighted by Gasteiger charge is 2.07. The molecule has 17 heavy (non-hydrogen) atoms. The molecule has 1 aromatic heterocycles. The number of fused-ring (bicyclic) bond motifs is 1. The van der Waals surface area contributed by atoms with E-state index in [2.05, 4.69) is 11.1 Å². The summed E-state index contributed by atoms with van der Waals surface area (Å²) in [7, 11) is 0. The smallest absolute Gasteiger partial charge is 0.303 e. The molecular weight excluding hydrogens is 216 g/mol. The first-order chi connectivity index (χ1) is 8.22. The number of aryl methyl sites for hydroxylation is 1. The van der Waals surface area contributed by atoms with Crippen LogP contribution < -0.4 is 0 Å². The Hall–Kier alpha value is -2.41. The number of aromatic nitrogens is 1. The predicted molar refractivity (Wildman–Crippen MR) is 62.4 cm³/mol. The van der Waals surface area contributed by atoms with Crippen LogP contribution in [-0.2, 0) is 11.2 Å². The molecule has 0 fully saturated rings. The van der Waals surface area contributed by atoms with E-state index in [4.69, 9.17) is 10.4 Å². The Morgan fingerprint density at radius 1 is 1.35 bits per heavy atom. The first kappa shape index (κ1) is 11.1. The monoisotopic (exact) mass is 226 g/mol. The van der Waals surface area contributed by atoms with Gasteiger partial charge in [0.05, 0.1) is 18.1 Å². The predicted octanol–water partition coefficient (Wildman–Crippen LogP) is 2.12. The van der Waals surface area contributed by atoms with Crippen molar-refractivity contribution in [2.45, 2.75) is 12.8 Å². The Balaban J connectivity index is 2.51. The third-order valence-corrected chi connectivity index (χ3v) is 2.58. The van der Waals surface area contributed by atoms with E-state index in [-0.39, 0.29) is 6.42 Å². The third-order valence-electron chi connectivity index (χ3n) is 2.58. The molecule has 0 aliphatic rings. The molecule has 0 saturated heterocycles. The number of nitrogens with zero attached hydrogens (tertiary/aromatic N) is 2. The molecular formula is C13H10N2O2. The minimum Gasteiger partial charge on any atom is -0.481 e. The van der Waals surface area contributed by atoms with E-state index in [9.17, 15) is 4.79 Å². The summed E-state index contributed by atoms with van der Waals surface area (Å²) in [6.45, 7) is 0. The Morgan fingerprint density at radius 2 is 2.18 bits per heavy atom. The van der Waals surface area contributed by atoms with Crippen LogP contribution in [0.25, 0.3) is 10.8 Å². The van der Waals surface area contributed by atoms with E-state index < -0.39 is 5.97 Å². The number of nitriles is 1. The van der Waals surface area contributed by atoms with Crippen molar-refractivity contribution in [2.75, 3.05) is 0 Å². The van der Waals surface area contributed by atoms with Crippen LogP contribution >= 0.6 is 0 Å². The molecule has 0 radical (unpaired) electrons. The molecule has 4 heteroatoms. The quantitative estimate of drug-likeness (QED) is 0.869. The highest BCUT2D eigenvalue weighted by molar-refractivity contribution is 5.89. The molecule has 0 aliphatic heterocycles. The Morgan fingerprint density at radius 3 is 2.88 bits per heavy atom. The van der Waals surface area contributed by atoms with Crippen LogP contribution in [-0.4, -0.2) is 16.1 Å². The van der Waals surface area contributed by atoms with Gasteiger partial charge < -0.3 is 5.11 Å². The van der Waals surface area contributed by atoms with E-state index in [1.807, 2.05) is 6.07 Å². The van der Waals surface area contributed by atoms with Crippen molar-refractivity contribution in [3.05, 3.63) is 41.7 Å². The van der Waals surface area contributed by atoms with Crippen LogP contribution in [0.1, 0.15) is 17.7 Å². The van der Waals surface area contributed by atoms with Crippen molar-refractivity contribution in [2.24, 2.45) is 0 Å². The fourth-order valence-corrected chi connectivity index (χ4v) is 1.79. The molecule has 0 bridgehead atoms. The van der Waals surface area contributed by atoms with Gasteiger partial charge >= 0.3 is 5.97 Å². The van der Waals surface area contributed by atoms with E-state index >= 15 is 0 Å². The molecule has 84 valence electrons. The molecule has 1 N–H and O–H groups in total. The SMILES string of the molecule is N#Cc1cccc2c(CCC(=O)O)nccc12. The zero-order valence-corrected chi connectivity index (χ0v) is 9.05. The Kier molecular flexibility index (Phi) is 3.01. The fourth-order valence-electron chi connectivity index (χ4n) is 1.79. The van der Waals surface area contributed by atoms with E-state index in [0.29, 0.717) is 12.0 Å². The molecule has 1 heterocycles. The van der Waals surface area contributed by atoms with Gasteiger partial charge in [-0.25, -0.2) is 0 Å². The van der Waals surface area contributed by atoms with Gasteiger partial charge in [-0.2, -0.15) is 5.26 Å². The molecule has 0 unspecified atom stereocenters. The molecule has 0 atom stereocenters. The lowest BCUT2D eigenvalue weighted by Crippen LogP contribution is -2.00. The van der Waals surface area contributed by atoms with Crippen molar-refractivity contribution in [1.82, 2.24) is 4.98 Å². The fraction of sp³-hybridized carbons (Fsp3) is 0.154. The highest BCUT2D eigenvalue weighted by atomic mass is 16.4. The van der Waals surface area contributed by atoms with Gasteiger partial charge in [-0.3, -0.25) is 9.78 Å². The van der Waals surface area contributed by atoms with Crippen molar-refractivity contribution in [3.8, 4) is 6.07 Å². The first-order valence-electron chi connectivity index (χ1n) is 5.21. The summed E-state index contributed by atoms with van der Waals surface area (Å²) in [5, 5.41) is 19.3. The topological polar surface area (TPSA) is 74.0 Å². The minimum absolute atomic E-state index is 0.0445. The molecule has 0 spiro atoms. The van der Waals surface area contributed by atoms with Gasteiger partial charge in [0.25, 0.3) is 0 Å². The van der Waals surface area contributed by atoms with Crippen LogP contribution in [0.4, 0.5) is 0 Å². The molecule has 4 nitrogen and oxygen atoms in total. The van der Waals surface area contributed by atoms with Crippen molar-refractivity contribution in [3.63, 3.8) is 0 Å². The first-order valence-corrected chi connectivity index (χ1v) is 5.21. The van der Waals surface area contributed by atoms with Gasteiger partial charge in [0, 0.05) is 29.1 Å². The molecule has 2 rings (SSSR count). The normalized spacial score (nSPS) is 10.1. The molecule has 0 aliphatic carbocycles. The van der Waals surface area contributed by atoms with Crippen LogP contribution in [0.3, 0.4) is 0 Å². The van der Waals surface area contributed by atoms with Gasteiger partial charge in [0.1, 0.15) is 0 Å². The van der Waals surface area contributed by atoms with Gasteiger partial charge in [0.2, 0.25) is 0 Å². The van der Waals surface area contributed by atoms with E-state index in [0.717, 1.165) is 16.5 Å². The number of pyridine rings is 1. The second-order valence-electron chi connectivity index (χ2n) is 3.66. The standard InChI is InChI=1S/C13H10N2O2/c14-8-9-2-1-3-11-10(9)6-7-15-12(11)4-5-13(16)17/h1-3,6-7H,4-5H2,(H,16,17). The van der Waals surface area contributed by atoms with Crippen molar-refractivity contribution in [1.29, 1.82) is 5.26 Å². The maximum Gasteiger partial charge on any atom is 0.303 e. The number of carboxylic acid groups (broad SMARTS) is 1. The summed E-state index contributed by atoms with van der Waals surface area (Å²) in [6.07, 6.45) is 2.03. The largest absolute Gasteiger partial charge is 0.481 e. The number of benzene rings is 1. The molecule has 0 saturated carbocycles. The second kappa shape index (κ2) is 4.62. The average molecular weight is 226 g/mol. The summed E-state index contributed by atoms with van der Waals surface area (Å²) < 4.78 is 0. The zero-order valence-electron chi connectivity index (χ0n) is 9.05. The molecule has 0 amide bonds. The average Bonchev–Trinajstić information content (AvgIpc) is 2.35. The van der Waals surface area contributed by atoms with Crippen LogP contribution in [0.15, 0.2) is 30.5 Å². The summed E-state index contributed by atoms with van der Waals surface area (Å²) in [5.74, 6) is -0.847. The maximum absolute atomic E-state index is 10.6. The lowest BCUT2D eigenvalue weighted by molar-refractivity contribution is -0.136. The van der Waals surface area contributed by atoms with Crippen molar-refractivity contribution < 1.29 is 9.90 Å². The summed E-state index contributed by atoms with van der Waals surface area (Å²) in [6, 6.07) is 9.28. The van der Waals surface area contributed by atoms with E-state index in [1.54, 1.807) is 24.4 Å². The number of hydrogen-bond acceptors (Lipinski definition) is 3. The number of hydrogen-bond donors (Lipinski definition) is 1. The molecule has 2 aromatic rings. The number of rotatable bonds is 3. The summed E-state index contributed by atoms with van der Waals surface area (Å²) in [4.78, 5) is 14.7. The van der Waals surface area contributed by atoms with Crippen LogP contribution in [0.5, 0.6) is 0 Å². The number of aliphatic carboxylic acids is 1. The Bertz CT molecular complexity index is 614. The zero-order chi connectivity index (χ0) is 12.3. The maximum atomic E-state index is 10.6. The van der Waals surface area contributed by atoms with Crippen LogP contribution in [0.2, 0.25) is 0 Å². The minimum atomic E-state index is -0.847. The van der Waals surface area contributed by atoms with Gasteiger partial charge in [-0.1, -0.05) is 12.1 Å².